The van der Waals surface area contributed by atoms with Crippen LogP contribution in [0.15, 0.2) is 11.8 Å². The van der Waals surface area contributed by atoms with E-state index in [4.69, 9.17) is 0 Å². The number of hydrazine groups is 2. The molecule has 3 amide bonds. The van der Waals surface area contributed by atoms with Gasteiger partial charge in [-0.15, -0.1) is 5.12 Å². The molecule has 0 spiro atoms. The first-order valence-electron chi connectivity index (χ1n) is 4.48. The highest BCUT2D eigenvalue weighted by Crippen LogP contribution is 2.25. The zero-order valence-corrected chi connectivity index (χ0v) is 8.83. The molecule has 0 aromatic heterocycles. The standard InChI is InChI=1S/C9H7N3O6/c13-2-8-1-10(5-16)12(7-18)11(6-17)9(8,3-14)4-15/h1-7H. The van der Waals surface area contributed by atoms with E-state index < -0.39 is 11.1 Å². The van der Waals surface area contributed by atoms with Gasteiger partial charge in [0.25, 0.3) is 0 Å². The zero-order chi connectivity index (χ0) is 13.8. The Balaban J connectivity index is 3.55. The van der Waals surface area contributed by atoms with E-state index in [-0.39, 0.29) is 38.1 Å². The summed E-state index contributed by atoms with van der Waals surface area (Å²) in [5.41, 5.74) is -2.71. The molecule has 1 aliphatic rings. The average Bonchev–Trinajstić information content (AvgIpc) is 2.44. The van der Waals surface area contributed by atoms with Crippen LogP contribution < -0.4 is 0 Å². The Bertz CT molecular complexity index is 438. The second-order valence-corrected chi connectivity index (χ2v) is 3.12. The first kappa shape index (κ1) is 13.2. The van der Waals surface area contributed by atoms with E-state index in [9.17, 15) is 28.8 Å². The summed E-state index contributed by atoms with van der Waals surface area (Å²) in [6.45, 7) is 0. The highest BCUT2D eigenvalue weighted by atomic mass is 16.2. The summed E-state index contributed by atoms with van der Waals surface area (Å²) < 4.78 is 0. The smallest absolute Gasteiger partial charge is 0.249 e. The lowest BCUT2D eigenvalue weighted by Gasteiger charge is -2.44. The summed E-state index contributed by atoms with van der Waals surface area (Å²) in [5.74, 6) is 0. The maximum Gasteiger partial charge on any atom is 0.249 e. The summed E-state index contributed by atoms with van der Waals surface area (Å²) in [6.07, 6.45) is 1.11. The molecule has 94 valence electrons. The lowest BCUT2D eigenvalue weighted by molar-refractivity contribution is -0.196. The van der Waals surface area contributed by atoms with Crippen LogP contribution in [0.25, 0.3) is 0 Å². The Morgan fingerprint density at radius 1 is 0.889 bits per heavy atom. The first-order chi connectivity index (χ1) is 8.64. The minimum absolute atomic E-state index is 0.0211. The summed E-state index contributed by atoms with van der Waals surface area (Å²) in [5, 5.41) is 1.25. The van der Waals surface area contributed by atoms with E-state index in [1.807, 2.05) is 0 Å². The number of aldehydes is 3. The molecule has 9 heteroatoms. The molecule has 0 bridgehead atoms. The van der Waals surface area contributed by atoms with Crippen LogP contribution in [-0.2, 0) is 28.8 Å². The molecule has 0 radical (unpaired) electrons. The maximum absolute atomic E-state index is 11.0. The summed E-state index contributed by atoms with van der Waals surface area (Å²) in [7, 11) is 0. The van der Waals surface area contributed by atoms with Crippen LogP contribution in [0.3, 0.4) is 0 Å². The number of carbonyl (C=O) groups is 6. The predicted octanol–water partition coefficient (Wildman–Crippen LogP) is -2.58. The van der Waals surface area contributed by atoms with Crippen LogP contribution in [0.1, 0.15) is 0 Å². The van der Waals surface area contributed by atoms with Gasteiger partial charge in [-0.05, 0) is 0 Å². The lowest BCUT2D eigenvalue weighted by atomic mass is 9.93. The van der Waals surface area contributed by atoms with Gasteiger partial charge in [-0.2, -0.15) is 0 Å². The highest BCUT2D eigenvalue weighted by molar-refractivity contribution is 6.04. The second kappa shape index (κ2) is 4.99. The molecule has 0 saturated carbocycles. The van der Waals surface area contributed by atoms with E-state index in [1.54, 1.807) is 0 Å². The molecule has 0 aliphatic carbocycles. The van der Waals surface area contributed by atoms with Crippen molar-refractivity contribution in [1.29, 1.82) is 0 Å². The van der Waals surface area contributed by atoms with Gasteiger partial charge in [0.05, 0.1) is 5.57 Å². The van der Waals surface area contributed by atoms with Crippen LogP contribution in [0.4, 0.5) is 0 Å². The molecule has 0 saturated heterocycles. The van der Waals surface area contributed by atoms with Crippen molar-refractivity contribution in [2.45, 2.75) is 5.54 Å². The molecule has 1 aliphatic heterocycles. The lowest BCUT2D eigenvalue weighted by Crippen LogP contribution is -2.66. The van der Waals surface area contributed by atoms with Crippen molar-refractivity contribution in [2.75, 3.05) is 0 Å². The number of carbonyl (C=O) groups excluding carboxylic acids is 6. The van der Waals surface area contributed by atoms with Gasteiger partial charge in [-0.25, -0.2) is 10.0 Å². The molecule has 0 aromatic carbocycles. The minimum Gasteiger partial charge on any atom is -0.300 e. The van der Waals surface area contributed by atoms with E-state index in [1.165, 1.54) is 0 Å². The number of hydrogen-bond acceptors (Lipinski definition) is 6. The third-order valence-electron chi connectivity index (χ3n) is 2.36. The number of hydrogen-bond donors (Lipinski definition) is 0. The predicted molar refractivity (Wildman–Crippen MR) is 52.7 cm³/mol. The fraction of sp³-hybridized carbons (Fsp3) is 0.111. The summed E-state index contributed by atoms with van der Waals surface area (Å²) in [6, 6.07) is 0. The van der Waals surface area contributed by atoms with Crippen molar-refractivity contribution in [3.8, 4) is 0 Å². The average molecular weight is 253 g/mol. The van der Waals surface area contributed by atoms with Crippen molar-refractivity contribution in [1.82, 2.24) is 15.1 Å². The SMILES string of the molecule is O=CC1=CN(C=O)N(C=O)N(C=O)C1(C=O)C=O. The van der Waals surface area contributed by atoms with Crippen LogP contribution in [0.5, 0.6) is 0 Å². The Morgan fingerprint density at radius 2 is 1.50 bits per heavy atom. The fourth-order valence-corrected chi connectivity index (χ4v) is 1.43. The Kier molecular flexibility index (Phi) is 3.67. The molecule has 9 nitrogen and oxygen atoms in total. The van der Waals surface area contributed by atoms with Gasteiger partial charge in [0.15, 0.2) is 18.9 Å². The molecule has 0 aromatic rings. The van der Waals surface area contributed by atoms with E-state index in [0.717, 1.165) is 6.20 Å². The van der Waals surface area contributed by atoms with Crippen molar-refractivity contribution >= 4 is 38.1 Å². The zero-order valence-electron chi connectivity index (χ0n) is 8.83. The second-order valence-electron chi connectivity index (χ2n) is 3.12. The van der Waals surface area contributed by atoms with Crippen molar-refractivity contribution in [3.63, 3.8) is 0 Å². The highest BCUT2D eigenvalue weighted by Gasteiger charge is 2.48. The van der Waals surface area contributed by atoms with Gasteiger partial charge < -0.3 is 0 Å². The van der Waals surface area contributed by atoms with Gasteiger partial charge in [-0.1, -0.05) is 0 Å². The van der Waals surface area contributed by atoms with Gasteiger partial charge in [0, 0.05) is 6.20 Å². The van der Waals surface area contributed by atoms with Gasteiger partial charge >= 0.3 is 0 Å². The molecule has 18 heavy (non-hydrogen) atoms. The number of nitrogens with zero attached hydrogens (tertiary/aromatic N) is 3. The normalized spacial score (nSPS) is 17.6. The monoisotopic (exact) mass is 253 g/mol. The van der Waals surface area contributed by atoms with Gasteiger partial charge in [0.1, 0.15) is 0 Å². The van der Waals surface area contributed by atoms with Gasteiger partial charge in [0.2, 0.25) is 24.8 Å². The molecule has 0 N–H and O–H groups in total. The Morgan fingerprint density at radius 3 is 1.83 bits per heavy atom. The van der Waals surface area contributed by atoms with E-state index in [0.29, 0.717) is 15.1 Å². The molecule has 0 unspecified atom stereocenters. The molecule has 1 rings (SSSR count). The molecular formula is C9H7N3O6. The molecule has 1 heterocycles. The first-order valence-corrected chi connectivity index (χ1v) is 4.48. The third-order valence-corrected chi connectivity index (χ3v) is 2.36. The number of amides is 3. The fourth-order valence-electron chi connectivity index (χ4n) is 1.43. The molecular weight excluding hydrogens is 246 g/mol. The minimum atomic E-state index is -2.26. The maximum atomic E-state index is 11.0. The van der Waals surface area contributed by atoms with Crippen molar-refractivity contribution < 1.29 is 28.8 Å². The Labute approximate surface area is 100 Å². The van der Waals surface area contributed by atoms with Gasteiger partial charge in [-0.3, -0.25) is 28.8 Å². The van der Waals surface area contributed by atoms with Crippen LogP contribution in [0, 0.1) is 0 Å². The van der Waals surface area contributed by atoms with Crippen LogP contribution in [0.2, 0.25) is 0 Å². The van der Waals surface area contributed by atoms with Crippen LogP contribution in [-0.4, -0.2) is 58.8 Å². The van der Waals surface area contributed by atoms with E-state index >= 15 is 0 Å². The molecule has 0 atom stereocenters. The topological polar surface area (TPSA) is 112 Å². The van der Waals surface area contributed by atoms with E-state index in [2.05, 4.69) is 0 Å². The third kappa shape index (κ3) is 1.57. The number of rotatable bonds is 6. The summed E-state index contributed by atoms with van der Waals surface area (Å²) in [4.78, 5) is 65.3. The van der Waals surface area contributed by atoms with Crippen molar-refractivity contribution in [3.05, 3.63) is 11.8 Å². The summed E-state index contributed by atoms with van der Waals surface area (Å²) >= 11 is 0. The molecule has 0 fully saturated rings. The quantitative estimate of drug-likeness (QED) is 0.379. The largest absolute Gasteiger partial charge is 0.300 e. The Hall–Kier alpha value is -2.84. The van der Waals surface area contributed by atoms with Crippen molar-refractivity contribution in [2.24, 2.45) is 0 Å². The van der Waals surface area contributed by atoms with Crippen LogP contribution >= 0.6 is 0 Å².